The molecular formula is C13H9Br2ClN4. The largest absolute Gasteiger partial charge is 0.378 e. The number of fused-ring (bicyclic) bond motifs is 1. The molecular weight excluding hydrogens is 407 g/mol. The molecule has 0 saturated heterocycles. The molecule has 102 valence electrons. The fraction of sp³-hybridized carbons (Fsp3) is 0.0769. The predicted molar refractivity (Wildman–Crippen MR) is 87.2 cm³/mol. The second kappa shape index (κ2) is 5.71. The standard InChI is InChI=1S/C13H9Br2ClN4/c14-8-1-2-11(10(16)3-8)17-4-9-5-19-13-6-18-12(15)7-20(9)13/h1-3,5-7,17H,4H2. The van der Waals surface area contributed by atoms with Crippen LogP contribution in [0.2, 0.25) is 5.02 Å². The van der Waals surface area contributed by atoms with Gasteiger partial charge < -0.3 is 5.32 Å². The molecule has 0 unspecified atom stereocenters. The molecule has 0 aliphatic carbocycles. The predicted octanol–water partition coefficient (Wildman–Crippen LogP) is 4.52. The van der Waals surface area contributed by atoms with Gasteiger partial charge in [-0.1, -0.05) is 27.5 Å². The number of aromatic nitrogens is 3. The van der Waals surface area contributed by atoms with E-state index in [1.54, 1.807) is 6.20 Å². The Balaban J connectivity index is 1.85. The normalized spacial score (nSPS) is 10.9. The fourth-order valence-corrected chi connectivity index (χ4v) is 2.91. The molecule has 0 aliphatic rings. The molecule has 7 heteroatoms. The van der Waals surface area contributed by atoms with Crippen LogP contribution in [-0.4, -0.2) is 14.4 Å². The number of anilines is 1. The SMILES string of the molecule is Clc1cc(Br)ccc1NCc1cnc2cnc(Br)cn12. The van der Waals surface area contributed by atoms with E-state index < -0.39 is 0 Å². The second-order valence-corrected chi connectivity index (χ2v) is 6.30. The molecule has 0 saturated carbocycles. The van der Waals surface area contributed by atoms with Crippen molar-refractivity contribution in [3.63, 3.8) is 0 Å². The number of hydrogen-bond donors (Lipinski definition) is 1. The number of hydrogen-bond acceptors (Lipinski definition) is 3. The van der Waals surface area contributed by atoms with Gasteiger partial charge in [-0.05, 0) is 34.1 Å². The van der Waals surface area contributed by atoms with Gasteiger partial charge in [0, 0.05) is 10.7 Å². The first-order valence-corrected chi connectivity index (χ1v) is 7.76. The third kappa shape index (κ3) is 2.82. The summed E-state index contributed by atoms with van der Waals surface area (Å²) in [6.07, 6.45) is 5.44. The Morgan fingerprint density at radius 2 is 2.05 bits per heavy atom. The summed E-state index contributed by atoms with van der Waals surface area (Å²) in [6.45, 7) is 0.624. The summed E-state index contributed by atoms with van der Waals surface area (Å²) >= 11 is 12.9. The van der Waals surface area contributed by atoms with Crippen LogP contribution in [0.25, 0.3) is 5.65 Å². The molecule has 1 aromatic carbocycles. The first kappa shape index (κ1) is 13.9. The Labute approximate surface area is 137 Å². The Morgan fingerprint density at radius 3 is 2.85 bits per heavy atom. The minimum Gasteiger partial charge on any atom is -0.378 e. The average molecular weight is 417 g/mol. The van der Waals surface area contributed by atoms with Crippen LogP contribution in [0.15, 0.2) is 45.9 Å². The van der Waals surface area contributed by atoms with Crippen LogP contribution in [0.5, 0.6) is 0 Å². The van der Waals surface area contributed by atoms with Crippen molar-refractivity contribution < 1.29 is 0 Å². The van der Waals surface area contributed by atoms with E-state index in [2.05, 4.69) is 47.1 Å². The van der Waals surface area contributed by atoms with Crippen molar-refractivity contribution in [1.82, 2.24) is 14.4 Å². The number of nitrogens with zero attached hydrogens (tertiary/aromatic N) is 3. The zero-order valence-electron chi connectivity index (χ0n) is 10.1. The maximum absolute atomic E-state index is 6.18. The van der Waals surface area contributed by atoms with Gasteiger partial charge in [0.05, 0.1) is 35.3 Å². The molecule has 2 aromatic heterocycles. The Kier molecular flexibility index (Phi) is 3.96. The summed E-state index contributed by atoms with van der Waals surface area (Å²) in [7, 11) is 0. The quantitative estimate of drug-likeness (QED) is 0.683. The third-order valence-corrected chi connectivity index (χ3v) is 4.05. The van der Waals surface area contributed by atoms with Gasteiger partial charge in [-0.15, -0.1) is 0 Å². The molecule has 20 heavy (non-hydrogen) atoms. The van der Waals surface area contributed by atoms with E-state index in [4.69, 9.17) is 11.6 Å². The Hall–Kier alpha value is -1.11. The highest BCUT2D eigenvalue weighted by atomic mass is 79.9. The molecule has 0 radical (unpaired) electrons. The number of halogens is 3. The van der Waals surface area contributed by atoms with Crippen molar-refractivity contribution in [2.75, 3.05) is 5.32 Å². The van der Waals surface area contributed by atoms with Crippen LogP contribution in [-0.2, 0) is 6.54 Å². The molecule has 3 aromatic rings. The lowest BCUT2D eigenvalue weighted by atomic mass is 10.3. The molecule has 0 aliphatic heterocycles. The first-order valence-electron chi connectivity index (χ1n) is 5.80. The lowest BCUT2D eigenvalue weighted by Gasteiger charge is -2.08. The van der Waals surface area contributed by atoms with E-state index in [0.717, 1.165) is 26.1 Å². The van der Waals surface area contributed by atoms with E-state index >= 15 is 0 Å². The topological polar surface area (TPSA) is 42.2 Å². The van der Waals surface area contributed by atoms with Gasteiger partial charge in [-0.2, -0.15) is 0 Å². The van der Waals surface area contributed by atoms with Gasteiger partial charge in [0.25, 0.3) is 0 Å². The number of rotatable bonds is 3. The van der Waals surface area contributed by atoms with Gasteiger partial charge in [0.1, 0.15) is 4.60 Å². The summed E-state index contributed by atoms with van der Waals surface area (Å²) in [6, 6.07) is 5.75. The van der Waals surface area contributed by atoms with Crippen molar-refractivity contribution in [1.29, 1.82) is 0 Å². The highest BCUT2D eigenvalue weighted by molar-refractivity contribution is 9.10. The molecule has 3 rings (SSSR count). The van der Waals surface area contributed by atoms with Crippen LogP contribution < -0.4 is 5.32 Å². The minimum atomic E-state index is 0.624. The summed E-state index contributed by atoms with van der Waals surface area (Å²) in [4.78, 5) is 8.46. The smallest absolute Gasteiger partial charge is 0.155 e. The van der Waals surface area contributed by atoms with Gasteiger partial charge >= 0.3 is 0 Å². The highest BCUT2D eigenvalue weighted by Gasteiger charge is 2.06. The van der Waals surface area contributed by atoms with E-state index in [1.807, 2.05) is 35.0 Å². The van der Waals surface area contributed by atoms with Crippen molar-refractivity contribution in [3.05, 3.63) is 56.6 Å². The Bertz CT molecular complexity index is 772. The molecule has 4 nitrogen and oxygen atoms in total. The molecule has 2 heterocycles. The number of imidazole rings is 1. The summed E-state index contributed by atoms with van der Waals surface area (Å²) < 4.78 is 3.71. The van der Waals surface area contributed by atoms with Crippen LogP contribution in [0.1, 0.15) is 5.69 Å². The molecule has 0 bridgehead atoms. The van der Waals surface area contributed by atoms with Crippen LogP contribution >= 0.6 is 43.5 Å². The second-order valence-electron chi connectivity index (χ2n) is 4.17. The Morgan fingerprint density at radius 1 is 1.20 bits per heavy atom. The van der Waals surface area contributed by atoms with Crippen molar-refractivity contribution >= 4 is 54.8 Å². The molecule has 0 atom stereocenters. The van der Waals surface area contributed by atoms with Crippen molar-refractivity contribution in [3.8, 4) is 0 Å². The third-order valence-electron chi connectivity index (χ3n) is 2.83. The van der Waals surface area contributed by atoms with Crippen LogP contribution in [0.4, 0.5) is 5.69 Å². The highest BCUT2D eigenvalue weighted by Crippen LogP contribution is 2.26. The zero-order chi connectivity index (χ0) is 14.1. The van der Waals surface area contributed by atoms with Gasteiger partial charge in [0.2, 0.25) is 0 Å². The van der Waals surface area contributed by atoms with E-state index in [-0.39, 0.29) is 0 Å². The lowest BCUT2D eigenvalue weighted by Crippen LogP contribution is -2.03. The lowest BCUT2D eigenvalue weighted by molar-refractivity contribution is 0.983. The van der Waals surface area contributed by atoms with Crippen LogP contribution in [0, 0.1) is 0 Å². The average Bonchev–Trinajstić information content (AvgIpc) is 2.80. The molecule has 0 fully saturated rings. The van der Waals surface area contributed by atoms with E-state index in [9.17, 15) is 0 Å². The maximum Gasteiger partial charge on any atom is 0.155 e. The summed E-state index contributed by atoms with van der Waals surface area (Å²) in [5.41, 5.74) is 2.73. The maximum atomic E-state index is 6.18. The molecule has 0 spiro atoms. The minimum absolute atomic E-state index is 0.624. The van der Waals surface area contributed by atoms with E-state index in [1.165, 1.54) is 0 Å². The fourth-order valence-electron chi connectivity index (χ4n) is 1.87. The van der Waals surface area contributed by atoms with Gasteiger partial charge in [-0.3, -0.25) is 4.40 Å². The number of nitrogens with one attached hydrogen (secondary N) is 1. The number of benzene rings is 1. The summed E-state index contributed by atoms with van der Waals surface area (Å²) in [5, 5.41) is 3.98. The van der Waals surface area contributed by atoms with Gasteiger partial charge in [-0.25, -0.2) is 9.97 Å². The van der Waals surface area contributed by atoms with E-state index in [0.29, 0.717) is 11.6 Å². The molecule has 1 N–H and O–H groups in total. The van der Waals surface area contributed by atoms with Gasteiger partial charge in [0.15, 0.2) is 5.65 Å². The van der Waals surface area contributed by atoms with Crippen molar-refractivity contribution in [2.24, 2.45) is 0 Å². The first-order chi connectivity index (χ1) is 9.63. The zero-order valence-corrected chi connectivity index (χ0v) is 14.1. The van der Waals surface area contributed by atoms with Crippen molar-refractivity contribution in [2.45, 2.75) is 6.54 Å². The monoisotopic (exact) mass is 414 g/mol. The van der Waals surface area contributed by atoms with Crippen LogP contribution in [0.3, 0.4) is 0 Å². The summed E-state index contributed by atoms with van der Waals surface area (Å²) in [5.74, 6) is 0. The molecule has 0 amide bonds.